The maximum absolute atomic E-state index is 4.69. The van der Waals surface area contributed by atoms with Gasteiger partial charge in [-0.15, -0.1) is 0 Å². The monoisotopic (exact) mass is 332 g/mol. The Bertz CT molecular complexity index is 890. The van der Waals surface area contributed by atoms with Gasteiger partial charge in [0.25, 0.3) is 5.82 Å². The molecule has 25 heavy (non-hydrogen) atoms. The van der Waals surface area contributed by atoms with E-state index in [4.69, 9.17) is 0 Å². The van der Waals surface area contributed by atoms with Gasteiger partial charge in [0.1, 0.15) is 5.69 Å². The maximum Gasteiger partial charge on any atom is 0.252 e. The molecule has 1 aromatic carbocycles. The SMILES string of the molecule is Cn1nc(C2CC2)cc1-c1ccc([N+]2(c3cccnn3)CCC2)cc1. The van der Waals surface area contributed by atoms with Gasteiger partial charge in [0, 0.05) is 43.1 Å². The highest BCUT2D eigenvalue weighted by molar-refractivity contribution is 5.66. The van der Waals surface area contributed by atoms with E-state index in [0.29, 0.717) is 5.92 Å². The second-order valence-corrected chi connectivity index (χ2v) is 7.25. The summed E-state index contributed by atoms with van der Waals surface area (Å²) in [5.74, 6) is 1.73. The van der Waals surface area contributed by atoms with Gasteiger partial charge in [-0.05, 0) is 37.1 Å². The molecule has 1 aliphatic carbocycles. The summed E-state index contributed by atoms with van der Waals surface area (Å²) >= 11 is 0. The van der Waals surface area contributed by atoms with Gasteiger partial charge >= 0.3 is 0 Å². The van der Waals surface area contributed by atoms with Crippen LogP contribution in [0.3, 0.4) is 0 Å². The van der Waals surface area contributed by atoms with Gasteiger partial charge in [0.15, 0.2) is 0 Å². The lowest BCUT2D eigenvalue weighted by Gasteiger charge is -2.43. The Morgan fingerprint density at radius 1 is 1.08 bits per heavy atom. The van der Waals surface area contributed by atoms with E-state index < -0.39 is 0 Å². The van der Waals surface area contributed by atoms with Crippen LogP contribution in [0, 0.1) is 0 Å². The van der Waals surface area contributed by atoms with Crippen molar-refractivity contribution in [2.24, 2.45) is 7.05 Å². The third-order valence-corrected chi connectivity index (χ3v) is 5.63. The minimum Gasteiger partial charge on any atom is -0.268 e. The van der Waals surface area contributed by atoms with E-state index >= 15 is 0 Å². The molecule has 2 aliphatic rings. The van der Waals surface area contributed by atoms with Crippen LogP contribution in [0.15, 0.2) is 48.7 Å². The Morgan fingerprint density at radius 3 is 2.48 bits per heavy atom. The Balaban J connectivity index is 1.49. The molecule has 0 radical (unpaired) electrons. The van der Waals surface area contributed by atoms with Crippen molar-refractivity contribution < 1.29 is 0 Å². The Morgan fingerprint density at radius 2 is 1.88 bits per heavy atom. The molecule has 5 rings (SSSR count). The topological polar surface area (TPSA) is 43.6 Å². The van der Waals surface area contributed by atoms with E-state index in [0.717, 1.165) is 23.4 Å². The van der Waals surface area contributed by atoms with Crippen molar-refractivity contribution >= 4 is 11.5 Å². The summed E-state index contributed by atoms with van der Waals surface area (Å²) in [5.41, 5.74) is 4.96. The number of hydrogen-bond donors (Lipinski definition) is 0. The highest BCUT2D eigenvalue weighted by Crippen LogP contribution is 2.42. The van der Waals surface area contributed by atoms with E-state index in [9.17, 15) is 0 Å². The van der Waals surface area contributed by atoms with Gasteiger partial charge in [0.2, 0.25) is 0 Å². The molecule has 2 fully saturated rings. The molecular formula is C20H22N5+. The number of hydrogen-bond acceptors (Lipinski definition) is 3. The van der Waals surface area contributed by atoms with Gasteiger partial charge in [-0.25, -0.2) is 4.48 Å². The minimum atomic E-state index is 0.686. The Labute approximate surface area is 147 Å². The lowest BCUT2D eigenvalue weighted by molar-refractivity contribution is 0.264. The largest absolute Gasteiger partial charge is 0.268 e. The van der Waals surface area contributed by atoms with Crippen LogP contribution >= 0.6 is 0 Å². The van der Waals surface area contributed by atoms with Gasteiger partial charge < -0.3 is 0 Å². The molecule has 0 N–H and O–H groups in total. The van der Waals surface area contributed by atoms with Gasteiger partial charge in [-0.2, -0.15) is 10.2 Å². The third kappa shape index (κ3) is 2.38. The molecular weight excluding hydrogens is 310 g/mol. The highest BCUT2D eigenvalue weighted by Gasteiger charge is 2.41. The first-order chi connectivity index (χ1) is 12.3. The highest BCUT2D eigenvalue weighted by atomic mass is 15.4. The maximum atomic E-state index is 4.69. The summed E-state index contributed by atoms with van der Waals surface area (Å²) in [5, 5.41) is 13.2. The molecule has 1 saturated carbocycles. The van der Waals surface area contributed by atoms with Crippen molar-refractivity contribution in [1.29, 1.82) is 0 Å². The number of rotatable bonds is 4. The van der Waals surface area contributed by atoms with Crippen molar-refractivity contribution in [3.63, 3.8) is 0 Å². The van der Waals surface area contributed by atoms with E-state index in [1.807, 2.05) is 17.8 Å². The van der Waals surface area contributed by atoms with E-state index in [-0.39, 0.29) is 0 Å². The molecule has 1 aliphatic heterocycles. The van der Waals surface area contributed by atoms with Crippen LogP contribution in [0.4, 0.5) is 11.5 Å². The molecule has 0 bridgehead atoms. The van der Waals surface area contributed by atoms with Crippen LogP contribution < -0.4 is 4.48 Å². The van der Waals surface area contributed by atoms with Crippen LogP contribution in [0.1, 0.15) is 30.9 Å². The zero-order valence-electron chi connectivity index (χ0n) is 14.5. The first-order valence-electron chi connectivity index (χ1n) is 9.07. The lowest BCUT2D eigenvalue weighted by atomic mass is 10.0. The average Bonchev–Trinajstić information content (AvgIpc) is 3.38. The zero-order valence-corrected chi connectivity index (χ0v) is 14.5. The van der Waals surface area contributed by atoms with Crippen molar-refractivity contribution in [2.45, 2.75) is 25.2 Å². The number of nitrogens with zero attached hydrogens (tertiary/aromatic N) is 5. The third-order valence-electron chi connectivity index (χ3n) is 5.63. The fourth-order valence-corrected chi connectivity index (χ4v) is 3.87. The summed E-state index contributed by atoms with van der Waals surface area (Å²) in [4.78, 5) is 0. The van der Waals surface area contributed by atoms with Crippen LogP contribution in [-0.4, -0.2) is 33.1 Å². The molecule has 5 heteroatoms. The second-order valence-electron chi connectivity index (χ2n) is 7.25. The number of aromatic nitrogens is 4. The first-order valence-corrected chi connectivity index (χ1v) is 9.07. The van der Waals surface area contributed by atoms with Crippen LogP contribution in [-0.2, 0) is 7.05 Å². The van der Waals surface area contributed by atoms with E-state index in [1.165, 1.54) is 41.9 Å². The Kier molecular flexibility index (Phi) is 3.25. The molecule has 2 aromatic heterocycles. The predicted molar refractivity (Wildman–Crippen MR) is 98.5 cm³/mol. The predicted octanol–water partition coefficient (Wildman–Crippen LogP) is 3.80. The molecule has 0 spiro atoms. The van der Waals surface area contributed by atoms with Gasteiger partial charge in [0.05, 0.1) is 30.7 Å². The molecule has 0 unspecified atom stereocenters. The molecule has 126 valence electrons. The van der Waals surface area contributed by atoms with Crippen LogP contribution in [0.2, 0.25) is 0 Å². The van der Waals surface area contributed by atoms with Gasteiger partial charge in [-0.1, -0.05) is 5.10 Å². The van der Waals surface area contributed by atoms with Crippen molar-refractivity contribution in [3.8, 4) is 11.3 Å². The normalized spacial score (nSPS) is 18.8. The smallest absolute Gasteiger partial charge is 0.252 e. The molecule has 5 nitrogen and oxygen atoms in total. The average molecular weight is 332 g/mol. The first kappa shape index (κ1) is 14.8. The van der Waals surface area contributed by atoms with Crippen LogP contribution in [0.25, 0.3) is 11.3 Å². The molecule has 3 aromatic rings. The summed E-state index contributed by atoms with van der Waals surface area (Å²) in [7, 11) is 2.04. The summed E-state index contributed by atoms with van der Waals surface area (Å²) < 4.78 is 2.83. The molecule has 1 saturated heterocycles. The number of quaternary nitrogens is 1. The molecule has 0 atom stereocenters. The molecule has 0 amide bonds. The van der Waals surface area contributed by atoms with Crippen LogP contribution in [0.5, 0.6) is 0 Å². The van der Waals surface area contributed by atoms with E-state index in [2.05, 4.69) is 51.7 Å². The second kappa shape index (κ2) is 5.49. The van der Waals surface area contributed by atoms with Crippen molar-refractivity contribution in [3.05, 3.63) is 54.4 Å². The van der Waals surface area contributed by atoms with E-state index in [1.54, 1.807) is 6.20 Å². The molecule has 3 heterocycles. The van der Waals surface area contributed by atoms with Crippen molar-refractivity contribution in [2.75, 3.05) is 13.1 Å². The zero-order chi connectivity index (χ0) is 16.9. The fourth-order valence-electron chi connectivity index (χ4n) is 3.87. The summed E-state index contributed by atoms with van der Waals surface area (Å²) in [6.07, 6.45) is 5.54. The minimum absolute atomic E-state index is 0.686. The van der Waals surface area contributed by atoms with Gasteiger partial charge in [-0.3, -0.25) is 4.68 Å². The quantitative estimate of drug-likeness (QED) is 0.683. The summed E-state index contributed by atoms with van der Waals surface area (Å²) in [6, 6.07) is 15.2. The fraction of sp³-hybridized carbons (Fsp3) is 0.350. The number of aryl methyl sites for hydroxylation is 1. The number of benzene rings is 1. The van der Waals surface area contributed by atoms with Crippen molar-refractivity contribution in [1.82, 2.24) is 24.5 Å². The lowest BCUT2D eigenvalue weighted by Crippen LogP contribution is -2.55. The summed E-state index contributed by atoms with van der Waals surface area (Å²) in [6.45, 7) is 2.19. The standard InChI is InChI=1S/C20H22N5/c1-24-19(14-18(23-24)15-5-6-15)16-7-9-17(10-8-16)25(12-3-13-25)20-4-2-11-21-22-20/h2,4,7-11,14-15H,3,5-6,12-13H2,1H3/q+1. The Hall–Kier alpha value is -2.53.